The van der Waals surface area contributed by atoms with Gasteiger partial charge in [0, 0.05) is 21.9 Å². The first-order valence-electron chi connectivity index (χ1n) is 8.91. The van der Waals surface area contributed by atoms with Crippen molar-refractivity contribution in [3.05, 3.63) is 52.3 Å². The van der Waals surface area contributed by atoms with Crippen LogP contribution in [0.25, 0.3) is 11.3 Å². The summed E-state index contributed by atoms with van der Waals surface area (Å²) in [6, 6.07) is 11.7. The molecule has 0 atom stereocenters. The highest BCUT2D eigenvalue weighted by molar-refractivity contribution is 7.98. The number of aryl methyl sites for hydroxylation is 1. The summed E-state index contributed by atoms with van der Waals surface area (Å²) >= 11 is 3.19. The van der Waals surface area contributed by atoms with E-state index in [-0.39, 0.29) is 5.91 Å². The van der Waals surface area contributed by atoms with Gasteiger partial charge in [0.05, 0.1) is 22.8 Å². The van der Waals surface area contributed by atoms with Crippen LogP contribution in [0.3, 0.4) is 0 Å². The molecule has 7 heteroatoms. The number of hydrogen-bond donors (Lipinski definition) is 1. The van der Waals surface area contributed by atoms with Crippen molar-refractivity contribution in [3.8, 4) is 22.8 Å². The second kappa shape index (κ2) is 8.24. The fourth-order valence-electron chi connectivity index (χ4n) is 3.01. The van der Waals surface area contributed by atoms with Crippen molar-refractivity contribution < 1.29 is 14.3 Å². The van der Waals surface area contributed by atoms with Gasteiger partial charge in [0.1, 0.15) is 13.2 Å². The van der Waals surface area contributed by atoms with E-state index in [2.05, 4.69) is 10.3 Å². The average Bonchev–Trinajstić information content (AvgIpc) is 3.14. The molecule has 0 unspecified atom stereocenters. The van der Waals surface area contributed by atoms with Crippen molar-refractivity contribution in [2.24, 2.45) is 0 Å². The first-order chi connectivity index (χ1) is 13.6. The average molecular weight is 413 g/mol. The number of aromatic nitrogens is 1. The van der Waals surface area contributed by atoms with E-state index in [9.17, 15) is 4.79 Å². The molecule has 0 radical (unpaired) electrons. The number of fused-ring (bicyclic) bond motifs is 1. The maximum absolute atomic E-state index is 12.6. The molecule has 0 saturated carbocycles. The summed E-state index contributed by atoms with van der Waals surface area (Å²) in [5, 5.41) is 6.09. The van der Waals surface area contributed by atoms with Crippen LogP contribution in [-0.4, -0.2) is 30.4 Å². The zero-order valence-corrected chi connectivity index (χ0v) is 17.3. The lowest BCUT2D eigenvalue weighted by Gasteiger charge is -2.21. The Balaban J connectivity index is 1.45. The Labute approximate surface area is 172 Å². The highest BCUT2D eigenvalue weighted by Gasteiger charge is 2.17. The summed E-state index contributed by atoms with van der Waals surface area (Å²) in [5.41, 5.74) is 3.73. The van der Waals surface area contributed by atoms with Crippen LogP contribution in [0.1, 0.15) is 10.6 Å². The SMILES string of the molecule is CSc1cc2c(cc1NC(=O)Cc1ccc(-c3csc(C)n3)cc1)OCCO2. The molecule has 3 aromatic rings. The van der Waals surface area contributed by atoms with E-state index in [0.29, 0.717) is 25.4 Å². The maximum atomic E-state index is 12.6. The van der Waals surface area contributed by atoms with Gasteiger partial charge in [0.2, 0.25) is 5.91 Å². The van der Waals surface area contributed by atoms with Gasteiger partial charge in [-0.15, -0.1) is 23.1 Å². The van der Waals surface area contributed by atoms with E-state index in [1.807, 2.05) is 55.0 Å². The molecule has 1 aliphatic rings. The minimum atomic E-state index is -0.0655. The highest BCUT2D eigenvalue weighted by Crippen LogP contribution is 2.39. The summed E-state index contributed by atoms with van der Waals surface area (Å²) < 4.78 is 11.2. The number of thioether (sulfide) groups is 1. The predicted molar refractivity (Wildman–Crippen MR) is 114 cm³/mol. The van der Waals surface area contributed by atoms with Crippen LogP contribution in [0, 0.1) is 6.92 Å². The lowest BCUT2D eigenvalue weighted by atomic mass is 10.1. The Bertz CT molecular complexity index is 999. The Kier molecular flexibility index (Phi) is 5.54. The first-order valence-corrected chi connectivity index (χ1v) is 11.0. The van der Waals surface area contributed by atoms with E-state index in [1.54, 1.807) is 23.1 Å². The van der Waals surface area contributed by atoms with E-state index in [0.717, 1.165) is 38.2 Å². The van der Waals surface area contributed by atoms with Crippen LogP contribution < -0.4 is 14.8 Å². The van der Waals surface area contributed by atoms with Crippen molar-refractivity contribution in [1.29, 1.82) is 0 Å². The molecule has 2 aromatic carbocycles. The summed E-state index contributed by atoms with van der Waals surface area (Å²) in [6.07, 6.45) is 2.28. The minimum Gasteiger partial charge on any atom is -0.486 e. The second-order valence-corrected chi connectivity index (χ2v) is 8.28. The maximum Gasteiger partial charge on any atom is 0.228 e. The lowest BCUT2D eigenvalue weighted by Crippen LogP contribution is -2.18. The Morgan fingerprint density at radius 1 is 1.18 bits per heavy atom. The molecule has 0 bridgehead atoms. The molecule has 1 N–H and O–H groups in total. The van der Waals surface area contributed by atoms with E-state index in [1.165, 1.54) is 0 Å². The van der Waals surface area contributed by atoms with Gasteiger partial charge >= 0.3 is 0 Å². The summed E-state index contributed by atoms with van der Waals surface area (Å²) in [5.74, 6) is 1.33. The molecule has 0 fully saturated rings. The molecule has 28 heavy (non-hydrogen) atoms. The van der Waals surface area contributed by atoms with Crippen molar-refractivity contribution in [2.75, 3.05) is 24.8 Å². The largest absolute Gasteiger partial charge is 0.486 e. The van der Waals surface area contributed by atoms with Crippen LogP contribution >= 0.6 is 23.1 Å². The number of nitrogens with one attached hydrogen (secondary N) is 1. The van der Waals surface area contributed by atoms with E-state index >= 15 is 0 Å². The van der Waals surface area contributed by atoms with Crippen molar-refractivity contribution in [1.82, 2.24) is 4.98 Å². The molecule has 4 rings (SSSR count). The molecule has 1 aromatic heterocycles. The van der Waals surface area contributed by atoms with Gasteiger partial charge in [-0.25, -0.2) is 4.98 Å². The fraction of sp³-hybridized carbons (Fsp3) is 0.238. The number of benzene rings is 2. The third kappa shape index (κ3) is 4.15. The number of hydrogen-bond acceptors (Lipinski definition) is 6. The van der Waals surface area contributed by atoms with Gasteiger partial charge in [-0.2, -0.15) is 0 Å². The van der Waals surface area contributed by atoms with Gasteiger partial charge in [-0.1, -0.05) is 24.3 Å². The molecule has 0 saturated heterocycles. The molecular formula is C21H20N2O3S2. The Morgan fingerprint density at radius 2 is 1.89 bits per heavy atom. The molecule has 0 aliphatic carbocycles. The summed E-state index contributed by atoms with van der Waals surface area (Å²) in [7, 11) is 0. The molecule has 1 aliphatic heterocycles. The number of anilines is 1. The lowest BCUT2D eigenvalue weighted by molar-refractivity contribution is -0.115. The number of amides is 1. The molecule has 144 valence electrons. The van der Waals surface area contributed by atoms with Gasteiger partial charge in [0.25, 0.3) is 0 Å². The minimum absolute atomic E-state index is 0.0655. The van der Waals surface area contributed by atoms with Crippen molar-refractivity contribution in [2.45, 2.75) is 18.2 Å². The molecule has 1 amide bonds. The first kappa shape index (κ1) is 18.8. The fourth-order valence-corrected chi connectivity index (χ4v) is 4.18. The molecular weight excluding hydrogens is 392 g/mol. The quantitative estimate of drug-likeness (QED) is 0.611. The smallest absolute Gasteiger partial charge is 0.228 e. The Hall–Kier alpha value is -2.51. The number of carbonyl (C=O) groups excluding carboxylic acids is 1. The van der Waals surface area contributed by atoms with Gasteiger partial charge < -0.3 is 14.8 Å². The van der Waals surface area contributed by atoms with Crippen LogP contribution in [-0.2, 0) is 11.2 Å². The van der Waals surface area contributed by atoms with Crippen LogP contribution in [0.5, 0.6) is 11.5 Å². The van der Waals surface area contributed by atoms with E-state index in [4.69, 9.17) is 9.47 Å². The molecule has 2 heterocycles. The number of rotatable bonds is 5. The molecule has 5 nitrogen and oxygen atoms in total. The van der Waals surface area contributed by atoms with Gasteiger partial charge in [-0.3, -0.25) is 4.79 Å². The third-order valence-electron chi connectivity index (χ3n) is 4.37. The Morgan fingerprint density at radius 3 is 2.54 bits per heavy atom. The van der Waals surface area contributed by atoms with Gasteiger partial charge in [-0.05, 0) is 24.8 Å². The summed E-state index contributed by atoms with van der Waals surface area (Å²) in [6.45, 7) is 3.06. The zero-order chi connectivity index (χ0) is 19.5. The summed E-state index contributed by atoms with van der Waals surface area (Å²) in [4.78, 5) is 18.0. The van der Waals surface area contributed by atoms with E-state index < -0.39 is 0 Å². The number of ether oxygens (including phenoxy) is 2. The molecule has 0 spiro atoms. The van der Waals surface area contributed by atoms with Crippen molar-refractivity contribution >= 4 is 34.7 Å². The highest BCUT2D eigenvalue weighted by atomic mass is 32.2. The normalized spacial score (nSPS) is 12.6. The number of nitrogens with zero attached hydrogens (tertiary/aromatic N) is 1. The monoisotopic (exact) mass is 412 g/mol. The van der Waals surface area contributed by atoms with Crippen LogP contribution in [0.4, 0.5) is 5.69 Å². The number of thiazole rings is 1. The topological polar surface area (TPSA) is 60.5 Å². The van der Waals surface area contributed by atoms with Crippen molar-refractivity contribution in [3.63, 3.8) is 0 Å². The third-order valence-corrected chi connectivity index (χ3v) is 5.92. The second-order valence-electron chi connectivity index (χ2n) is 6.37. The predicted octanol–water partition coefficient (Wildman–Crippen LogP) is 4.79. The standard InChI is InChI=1S/C21H20N2O3S2/c1-13-22-17(12-28-13)15-5-3-14(4-6-15)9-21(24)23-16-10-18-19(11-20(16)27-2)26-8-7-25-18/h3-6,10-12H,7-9H2,1-2H3,(H,23,24). The van der Waals surface area contributed by atoms with Crippen LogP contribution in [0.2, 0.25) is 0 Å². The zero-order valence-electron chi connectivity index (χ0n) is 15.7. The van der Waals surface area contributed by atoms with Crippen LogP contribution in [0.15, 0.2) is 46.7 Å². The van der Waals surface area contributed by atoms with Gasteiger partial charge in [0.15, 0.2) is 11.5 Å². The number of carbonyl (C=O) groups is 1.